The summed E-state index contributed by atoms with van der Waals surface area (Å²) in [5.74, 6) is 0.636. The first kappa shape index (κ1) is 10.7. The van der Waals surface area contributed by atoms with Crippen LogP contribution in [0.25, 0.3) is 5.65 Å². The van der Waals surface area contributed by atoms with Crippen LogP contribution in [0, 0.1) is 5.92 Å². The number of rotatable bonds is 2. The summed E-state index contributed by atoms with van der Waals surface area (Å²) in [6, 6.07) is 2.11. The van der Waals surface area contributed by atoms with Crippen LogP contribution in [0.3, 0.4) is 0 Å². The van der Waals surface area contributed by atoms with Gasteiger partial charge in [-0.2, -0.15) is 5.10 Å². The summed E-state index contributed by atoms with van der Waals surface area (Å²) in [5.41, 5.74) is 4.74. The zero-order chi connectivity index (χ0) is 11.8. The summed E-state index contributed by atoms with van der Waals surface area (Å²) in [7, 11) is 0. The van der Waals surface area contributed by atoms with Crippen molar-refractivity contribution in [3.8, 4) is 0 Å². The Bertz CT molecular complexity index is 542. The van der Waals surface area contributed by atoms with Crippen LogP contribution in [0.4, 0.5) is 0 Å². The molecule has 0 saturated heterocycles. The van der Waals surface area contributed by atoms with Crippen LogP contribution in [0.1, 0.15) is 30.8 Å². The van der Waals surface area contributed by atoms with Crippen LogP contribution in [0.15, 0.2) is 12.3 Å². The number of hydrogen-bond acceptors (Lipinski definition) is 3. The summed E-state index contributed by atoms with van der Waals surface area (Å²) in [5, 5.41) is 8.06. The summed E-state index contributed by atoms with van der Waals surface area (Å²) in [6.07, 6.45) is 4.05. The minimum absolute atomic E-state index is 0.636. The van der Waals surface area contributed by atoms with Crippen LogP contribution in [0.2, 0.25) is 0 Å². The molecule has 0 aliphatic carbocycles. The summed E-state index contributed by atoms with van der Waals surface area (Å²) >= 11 is 0. The van der Waals surface area contributed by atoms with Gasteiger partial charge in [-0.05, 0) is 12.3 Å². The van der Waals surface area contributed by atoms with Crippen LogP contribution in [0.5, 0.6) is 0 Å². The standard InChI is InChI=1S/C13H18N4/c1-9(2)5-11-6-13-15-8-10-7-14-4-3-12(10)17(13)16-11/h6,8-9,14H,3-5,7H2,1-2H3. The van der Waals surface area contributed by atoms with Gasteiger partial charge in [0.25, 0.3) is 0 Å². The molecule has 0 unspecified atom stereocenters. The van der Waals surface area contributed by atoms with Crippen LogP contribution in [-0.2, 0) is 19.4 Å². The molecule has 3 rings (SSSR count). The van der Waals surface area contributed by atoms with Gasteiger partial charge in [-0.15, -0.1) is 0 Å². The minimum Gasteiger partial charge on any atom is -0.312 e. The monoisotopic (exact) mass is 230 g/mol. The van der Waals surface area contributed by atoms with E-state index >= 15 is 0 Å². The van der Waals surface area contributed by atoms with Crippen molar-refractivity contribution in [3.05, 3.63) is 29.2 Å². The lowest BCUT2D eigenvalue weighted by molar-refractivity contribution is 0.599. The molecule has 17 heavy (non-hydrogen) atoms. The SMILES string of the molecule is CC(C)Cc1cc2ncc3c(n2n1)CCNC3. The van der Waals surface area contributed by atoms with Gasteiger partial charge in [0.2, 0.25) is 0 Å². The molecular formula is C13H18N4. The molecule has 90 valence electrons. The normalized spacial score (nSPS) is 15.5. The molecule has 1 aliphatic heterocycles. The van der Waals surface area contributed by atoms with Crippen molar-refractivity contribution in [1.82, 2.24) is 19.9 Å². The van der Waals surface area contributed by atoms with Crippen molar-refractivity contribution in [1.29, 1.82) is 0 Å². The van der Waals surface area contributed by atoms with Crippen molar-refractivity contribution >= 4 is 5.65 Å². The van der Waals surface area contributed by atoms with Gasteiger partial charge in [-0.1, -0.05) is 13.8 Å². The molecule has 0 bridgehead atoms. The predicted molar refractivity (Wildman–Crippen MR) is 66.9 cm³/mol. The molecule has 1 aliphatic rings. The van der Waals surface area contributed by atoms with E-state index in [1.165, 1.54) is 11.3 Å². The Morgan fingerprint density at radius 2 is 2.35 bits per heavy atom. The molecule has 0 radical (unpaired) electrons. The second-order valence-electron chi connectivity index (χ2n) is 5.16. The van der Waals surface area contributed by atoms with E-state index in [4.69, 9.17) is 5.10 Å². The van der Waals surface area contributed by atoms with Gasteiger partial charge in [0.15, 0.2) is 5.65 Å². The fourth-order valence-electron chi connectivity index (χ4n) is 2.43. The zero-order valence-corrected chi connectivity index (χ0v) is 10.4. The highest BCUT2D eigenvalue weighted by atomic mass is 15.3. The lowest BCUT2D eigenvalue weighted by atomic mass is 10.1. The Morgan fingerprint density at radius 3 is 3.18 bits per heavy atom. The Kier molecular flexibility index (Phi) is 2.59. The highest BCUT2D eigenvalue weighted by molar-refractivity contribution is 5.42. The lowest BCUT2D eigenvalue weighted by Crippen LogP contribution is -2.26. The Labute approximate surface area is 101 Å². The molecule has 1 N–H and O–H groups in total. The number of hydrogen-bond donors (Lipinski definition) is 1. The van der Waals surface area contributed by atoms with E-state index in [2.05, 4.69) is 30.2 Å². The third-order valence-electron chi connectivity index (χ3n) is 3.19. The maximum atomic E-state index is 4.69. The van der Waals surface area contributed by atoms with Gasteiger partial charge < -0.3 is 5.32 Å². The molecule has 0 spiro atoms. The fraction of sp³-hybridized carbons (Fsp3) is 0.538. The maximum Gasteiger partial charge on any atom is 0.155 e. The summed E-state index contributed by atoms with van der Waals surface area (Å²) in [4.78, 5) is 4.48. The minimum atomic E-state index is 0.636. The average Bonchev–Trinajstić information content (AvgIpc) is 2.70. The van der Waals surface area contributed by atoms with E-state index in [0.29, 0.717) is 5.92 Å². The average molecular weight is 230 g/mol. The third-order valence-corrected chi connectivity index (χ3v) is 3.19. The number of nitrogens with zero attached hydrogens (tertiary/aromatic N) is 3. The van der Waals surface area contributed by atoms with Crippen molar-refractivity contribution < 1.29 is 0 Å². The third kappa shape index (κ3) is 1.93. The lowest BCUT2D eigenvalue weighted by Gasteiger charge is -2.16. The van der Waals surface area contributed by atoms with E-state index in [1.807, 2.05) is 10.7 Å². The number of aromatic nitrogens is 3. The first-order chi connectivity index (χ1) is 8.24. The molecule has 0 atom stereocenters. The van der Waals surface area contributed by atoms with E-state index in [9.17, 15) is 0 Å². The Hall–Kier alpha value is -1.42. The second kappa shape index (κ2) is 4.11. The predicted octanol–water partition coefficient (Wildman–Crippen LogP) is 1.57. The van der Waals surface area contributed by atoms with Crippen LogP contribution in [-0.4, -0.2) is 21.1 Å². The van der Waals surface area contributed by atoms with Gasteiger partial charge in [-0.25, -0.2) is 9.50 Å². The van der Waals surface area contributed by atoms with Gasteiger partial charge in [0, 0.05) is 37.3 Å². The molecule has 0 saturated carbocycles. The summed E-state index contributed by atoms with van der Waals surface area (Å²) < 4.78 is 2.04. The fourth-order valence-corrected chi connectivity index (χ4v) is 2.43. The highest BCUT2D eigenvalue weighted by Crippen LogP contribution is 2.16. The van der Waals surface area contributed by atoms with Gasteiger partial charge in [0.05, 0.1) is 11.4 Å². The first-order valence-corrected chi connectivity index (χ1v) is 6.30. The second-order valence-corrected chi connectivity index (χ2v) is 5.16. The number of nitrogens with one attached hydrogen (secondary N) is 1. The first-order valence-electron chi connectivity index (χ1n) is 6.30. The van der Waals surface area contributed by atoms with Crippen molar-refractivity contribution in [2.75, 3.05) is 6.54 Å². The van der Waals surface area contributed by atoms with Crippen LogP contribution >= 0.6 is 0 Å². The van der Waals surface area contributed by atoms with Gasteiger partial charge >= 0.3 is 0 Å². The molecule has 4 nitrogen and oxygen atoms in total. The molecule has 0 amide bonds. The van der Waals surface area contributed by atoms with E-state index in [1.54, 1.807) is 0 Å². The molecule has 2 aromatic rings. The van der Waals surface area contributed by atoms with E-state index in [0.717, 1.165) is 37.3 Å². The molecule has 3 heterocycles. The quantitative estimate of drug-likeness (QED) is 0.851. The van der Waals surface area contributed by atoms with Crippen LogP contribution < -0.4 is 5.32 Å². The number of fused-ring (bicyclic) bond motifs is 3. The smallest absolute Gasteiger partial charge is 0.155 e. The highest BCUT2D eigenvalue weighted by Gasteiger charge is 2.15. The molecule has 2 aromatic heterocycles. The van der Waals surface area contributed by atoms with Crippen molar-refractivity contribution in [2.24, 2.45) is 5.92 Å². The topological polar surface area (TPSA) is 42.2 Å². The van der Waals surface area contributed by atoms with Gasteiger partial charge in [0.1, 0.15) is 0 Å². The molecule has 0 aromatic carbocycles. The Balaban J connectivity index is 2.09. The summed E-state index contributed by atoms with van der Waals surface area (Å²) in [6.45, 7) is 6.39. The van der Waals surface area contributed by atoms with Crippen molar-refractivity contribution in [3.63, 3.8) is 0 Å². The van der Waals surface area contributed by atoms with Gasteiger partial charge in [-0.3, -0.25) is 0 Å². The molecule has 4 heteroatoms. The molecular weight excluding hydrogens is 212 g/mol. The van der Waals surface area contributed by atoms with Crippen molar-refractivity contribution in [2.45, 2.75) is 33.2 Å². The molecule has 0 fully saturated rings. The Morgan fingerprint density at radius 1 is 1.47 bits per heavy atom. The zero-order valence-electron chi connectivity index (χ0n) is 10.4. The largest absolute Gasteiger partial charge is 0.312 e. The van der Waals surface area contributed by atoms with E-state index < -0.39 is 0 Å². The maximum absolute atomic E-state index is 4.69. The van der Waals surface area contributed by atoms with E-state index in [-0.39, 0.29) is 0 Å².